The van der Waals surface area contributed by atoms with Gasteiger partial charge in [-0.2, -0.15) is 4.98 Å². The van der Waals surface area contributed by atoms with Gasteiger partial charge in [-0.15, -0.1) is 0 Å². The zero-order valence-corrected chi connectivity index (χ0v) is 13.5. The maximum atomic E-state index is 5.98. The molecular weight excluding hydrogens is 270 g/mol. The van der Waals surface area contributed by atoms with Crippen molar-refractivity contribution in [3.05, 3.63) is 11.7 Å². The molecule has 0 amide bonds. The Kier molecular flexibility index (Phi) is 5.72. The smallest absolute Gasteiger partial charge is 0.231 e. The molecule has 2 heterocycles. The molecule has 1 aromatic rings. The second-order valence-electron chi connectivity index (χ2n) is 5.59. The lowest BCUT2D eigenvalue weighted by molar-refractivity contribution is -0.118. The standard InChI is InChI=1S/C15H27N3O3/c1-5-12(16-4)11(3)13-17-14(18-21-13)15(20-6-2)7-9-19-10-8-15/h11-12,16H,5-10H2,1-4H3. The van der Waals surface area contributed by atoms with Crippen LogP contribution in [0.3, 0.4) is 0 Å². The van der Waals surface area contributed by atoms with E-state index in [9.17, 15) is 0 Å². The highest BCUT2D eigenvalue weighted by Crippen LogP contribution is 2.35. The van der Waals surface area contributed by atoms with Crippen molar-refractivity contribution in [3.8, 4) is 0 Å². The highest BCUT2D eigenvalue weighted by molar-refractivity contribution is 5.06. The van der Waals surface area contributed by atoms with E-state index in [1.165, 1.54) is 0 Å². The van der Waals surface area contributed by atoms with E-state index in [-0.39, 0.29) is 5.92 Å². The van der Waals surface area contributed by atoms with E-state index in [1.807, 2.05) is 14.0 Å². The summed E-state index contributed by atoms with van der Waals surface area (Å²) in [7, 11) is 1.96. The molecule has 0 saturated carbocycles. The lowest BCUT2D eigenvalue weighted by Gasteiger charge is -2.33. The number of rotatable bonds is 7. The van der Waals surface area contributed by atoms with Gasteiger partial charge >= 0.3 is 0 Å². The molecule has 6 nitrogen and oxygen atoms in total. The van der Waals surface area contributed by atoms with Gasteiger partial charge in [-0.1, -0.05) is 19.0 Å². The molecule has 0 aromatic carbocycles. The summed E-state index contributed by atoms with van der Waals surface area (Å²) in [6.45, 7) is 8.23. The van der Waals surface area contributed by atoms with E-state index in [0.29, 0.717) is 37.6 Å². The van der Waals surface area contributed by atoms with E-state index in [0.717, 1.165) is 19.3 Å². The quantitative estimate of drug-likeness (QED) is 0.832. The molecule has 1 N–H and O–H groups in total. The van der Waals surface area contributed by atoms with Crippen LogP contribution in [-0.2, 0) is 15.1 Å². The number of nitrogens with one attached hydrogen (secondary N) is 1. The second-order valence-corrected chi connectivity index (χ2v) is 5.59. The van der Waals surface area contributed by atoms with Gasteiger partial charge in [0, 0.05) is 38.7 Å². The van der Waals surface area contributed by atoms with Crippen LogP contribution < -0.4 is 5.32 Å². The number of nitrogens with zero attached hydrogens (tertiary/aromatic N) is 2. The van der Waals surface area contributed by atoms with Gasteiger partial charge in [-0.25, -0.2) is 0 Å². The molecule has 0 radical (unpaired) electrons. The van der Waals surface area contributed by atoms with Crippen LogP contribution in [0.15, 0.2) is 4.52 Å². The summed E-state index contributed by atoms with van der Waals surface area (Å²) in [4.78, 5) is 4.64. The van der Waals surface area contributed by atoms with E-state index in [4.69, 9.17) is 14.0 Å². The molecular formula is C15H27N3O3. The summed E-state index contributed by atoms with van der Waals surface area (Å²) in [6, 6.07) is 0.330. The molecule has 2 unspecified atom stereocenters. The topological polar surface area (TPSA) is 69.4 Å². The Morgan fingerprint density at radius 2 is 2.05 bits per heavy atom. The summed E-state index contributed by atoms with van der Waals surface area (Å²) in [5.74, 6) is 1.52. The van der Waals surface area contributed by atoms with Crippen molar-refractivity contribution >= 4 is 0 Å². The third-order valence-electron chi connectivity index (χ3n) is 4.37. The summed E-state index contributed by atoms with van der Waals surface area (Å²) in [5.41, 5.74) is -0.449. The monoisotopic (exact) mass is 297 g/mol. The first-order valence-electron chi connectivity index (χ1n) is 7.90. The first-order chi connectivity index (χ1) is 10.2. The predicted octanol–water partition coefficient (Wildman–Crippen LogP) is 2.21. The van der Waals surface area contributed by atoms with Gasteiger partial charge < -0.3 is 19.3 Å². The molecule has 120 valence electrons. The molecule has 6 heteroatoms. The van der Waals surface area contributed by atoms with Crippen molar-refractivity contribution in [2.75, 3.05) is 26.9 Å². The molecule has 1 aliphatic heterocycles. The van der Waals surface area contributed by atoms with E-state index in [2.05, 4.69) is 29.3 Å². The van der Waals surface area contributed by atoms with Crippen LogP contribution in [-0.4, -0.2) is 43.1 Å². The first kappa shape index (κ1) is 16.4. The average molecular weight is 297 g/mol. The van der Waals surface area contributed by atoms with Crippen molar-refractivity contribution in [1.29, 1.82) is 0 Å². The van der Waals surface area contributed by atoms with Crippen LogP contribution in [0, 0.1) is 0 Å². The minimum atomic E-state index is -0.449. The van der Waals surface area contributed by atoms with Crippen molar-refractivity contribution in [2.45, 2.75) is 57.6 Å². The van der Waals surface area contributed by atoms with E-state index < -0.39 is 5.60 Å². The summed E-state index contributed by atoms with van der Waals surface area (Å²) in [5, 5.41) is 7.50. The molecule has 1 aliphatic rings. The van der Waals surface area contributed by atoms with Gasteiger partial charge in [0.15, 0.2) is 0 Å². The van der Waals surface area contributed by atoms with Gasteiger partial charge in [0.2, 0.25) is 11.7 Å². The SMILES string of the molecule is CCOC1(c2noc(C(C)C(CC)NC)n2)CCOCC1. The van der Waals surface area contributed by atoms with Gasteiger partial charge in [-0.3, -0.25) is 0 Å². The predicted molar refractivity (Wildman–Crippen MR) is 79.2 cm³/mol. The molecule has 1 aromatic heterocycles. The fourth-order valence-electron chi connectivity index (χ4n) is 2.99. The number of likely N-dealkylation sites (N-methyl/N-ethyl adjacent to an activating group) is 1. The van der Waals surface area contributed by atoms with Crippen LogP contribution in [0.4, 0.5) is 0 Å². The third kappa shape index (κ3) is 3.44. The van der Waals surface area contributed by atoms with Crippen molar-refractivity contribution < 1.29 is 14.0 Å². The van der Waals surface area contributed by atoms with Gasteiger partial charge in [0.1, 0.15) is 5.60 Å². The first-order valence-corrected chi connectivity index (χ1v) is 7.90. The third-order valence-corrected chi connectivity index (χ3v) is 4.37. The molecule has 21 heavy (non-hydrogen) atoms. The molecule has 2 atom stereocenters. The Bertz CT molecular complexity index is 420. The second kappa shape index (κ2) is 7.33. The maximum absolute atomic E-state index is 5.98. The van der Waals surface area contributed by atoms with Crippen LogP contribution in [0.2, 0.25) is 0 Å². The van der Waals surface area contributed by atoms with Gasteiger partial charge in [0.25, 0.3) is 0 Å². The Balaban J connectivity index is 2.20. The van der Waals surface area contributed by atoms with E-state index in [1.54, 1.807) is 0 Å². The van der Waals surface area contributed by atoms with Crippen LogP contribution in [0.1, 0.15) is 57.7 Å². The Morgan fingerprint density at radius 1 is 1.33 bits per heavy atom. The highest BCUT2D eigenvalue weighted by Gasteiger charge is 2.40. The minimum Gasteiger partial charge on any atom is -0.381 e. The largest absolute Gasteiger partial charge is 0.381 e. The van der Waals surface area contributed by atoms with Crippen molar-refractivity contribution in [3.63, 3.8) is 0 Å². The summed E-state index contributed by atoms with van der Waals surface area (Å²) < 4.78 is 16.9. The molecule has 0 bridgehead atoms. The van der Waals surface area contributed by atoms with Crippen LogP contribution >= 0.6 is 0 Å². The van der Waals surface area contributed by atoms with Crippen LogP contribution in [0.5, 0.6) is 0 Å². The highest BCUT2D eigenvalue weighted by atomic mass is 16.5. The zero-order valence-electron chi connectivity index (χ0n) is 13.5. The van der Waals surface area contributed by atoms with E-state index >= 15 is 0 Å². The average Bonchev–Trinajstić information content (AvgIpc) is 3.00. The van der Waals surface area contributed by atoms with Crippen LogP contribution in [0.25, 0.3) is 0 Å². The Morgan fingerprint density at radius 3 is 2.62 bits per heavy atom. The molecule has 2 rings (SSSR count). The fourth-order valence-corrected chi connectivity index (χ4v) is 2.99. The molecule has 1 saturated heterocycles. The molecule has 0 spiro atoms. The number of ether oxygens (including phenoxy) is 2. The normalized spacial score (nSPS) is 21.1. The zero-order chi connectivity index (χ0) is 15.3. The van der Waals surface area contributed by atoms with Crippen molar-refractivity contribution in [2.24, 2.45) is 0 Å². The summed E-state index contributed by atoms with van der Waals surface area (Å²) >= 11 is 0. The molecule has 0 aliphatic carbocycles. The fraction of sp³-hybridized carbons (Fsp3) is 0.867. The number of aromatic nitrogens is 2. The maximum Gasteiger partial charge on any atom is 0.231 e. The lowest BCUT2D eigenvalue weighted by atomic mass is 9.93. The number of hydrogen-bond acceptors (Lipinski definition) is 6. The lowest BCUT2D eigenvalue weighted by Crippen LogP contribution is -2.37. The number of hydrogen-bond donors (Lipinski definition) is 1. The molecule has 1 fully saturated rings. The van der Waals surface area contributed by atoms with Gasteiger partial charge in [0.05, 0.1) is 5.92 Å². The minimum absolute atomic E-state index is 0.180. The van der Waals surface area contributed by atoms with Gasteiger partial charge in [-0.05, 0) is 20.4 Å². The summed E-state index contributed by atoms with van der Waals surface area (Å²) in [6.07, 6.45) is 2.56. The Labute approximate surface area is 126 Å². The van der Waals surface area contributed by atoms with Crippen molar-refractivity contribution in [1.82, 2.24) is 15.5 Å². The Hall–Kier alpha value is -0.980.